The molecule has 0 spiro atoms. The number of carbonyl (C=O) groups is 1. The van der Waals surface area contributed by atoms with Gasteiger partial charge in [-0.3, -0.25) is 0 Å². The molecule has 16 heavy (non-hydrogen) atoms. The van der Waals surface area contributed by atoms with Crippen LogP contribution in [0.4, 0.5) is 5.82 Å². The van der Waals surface area contributed by atoms with Gasteiger partial charge in [0.1, 0.15) is 17.9 Å². The van der Waals surface area contributed by atoms with E-state index in [2.05, 4.69) is 15.0 Å². The van der Waals surface area contributed by atoms with Gasteiger partial charge in [0, 0.05) is 6.20 Å². The Hall–Kier alpha value is -2.09. The molecule has 1 atom stereocenters. The first-order chi connectivity index (χ1) is 7.60. The highest BCUT2D eigenvalue weighted by atomic mass is 16.5. The standard InChI is InChI=1S/C11H13N3O2/c1-7-4-5-13-10(9(7)6-12)14-8(2)11(15)16-3/h4-5,8H,1-3H3,(H,13,14). The van der Waals surface area contributed by atoms with Gasteiger partial charge >= 0.3 is 5.97 Å². The van der Waals surface area contributed by atoms with Gasteiger partial charge in [-0.1, -0.05) is 0 Å². The number of esters is 1. The first-order valence-corrected chi connectivity index (χ1v) is 4.80. The van der Waals surface area contributed by atoms with E-state index in [1.165, 1.54) is 7.11 Å². The zero-order valence-corrected chi connectivity index (χ0v) is 9.44. The van der Waals surface area contributed by atoms with E-state index in [1.54, 1.807) is 19.2 Å². The Kier molecular flexibility index (Phi) is 3.84. The second kappa shape index (κ2) is 5.12. The monoisotopic (exact) mass is 219 g/mol. The fourth-order valence-corrected chi connectivity index (χ4v) is 1.25. The van der Waals surface area contributed by atoms with E-state index in [4.69, 9.17) is 5.26 Å². The maximum Gasteiger partial charge on any atom is 0.328 e. The number of nitrogens with one attached hydrogen (secondary N) is 1. The lowest BCUT2D eigenvalue weighted by Gasteiger charge is -2.13. The Balaban J connectivity index is 2.94. The lowest BCUT2D eigenvalue weighted by Crippen LogP contribution is -2.28. The average molecular weight is 219 g/mol. The summed E-state index contributed by atoms with van der Waals surface area (Å²) < 4.78 is 4.58. The number of anilines is 1. The van der Waals surface area contributed by atoms with Gasteiger partial charge in [0.15, 0.2) is 0 Å². The second-order valence-corrected chi connectivity index (χ2v) is 3.35. The molecule has 1 heterocycles. The van der Waals surface area contributed by atoms with Crippen LogP contribution in [0.1, 0.15) is 18.1 Å². The summed E-state index contributed by atoms with van der Waals surface area (Å²) in [5, 5.41) is 11.8. The largest absolute Gasteiger partial charge is 0.467 e. The molecule has 0 fully saturated rings. The van der Waals surface area contributed by atoms with Gasteiger partial charge in [-0.15, -0.1) is 0 Å². The topological polar surface area (TPSA) is 75.0 Å². The Morgan fingerprint density at radius 2 is 2.38 bits per heavy atom. The van der Waals surface area contributed by atoms with Crippen LogP contribution >= 0.6 is 0 Å². The van der Waals surface area contributed by atoms with Crippen molar-refractivity contribution in [1.82, 2.24) is 4.98 Å². The maximum atomic E-state index is 11.2. The first kappa shape index (κ1) is 12.0. The molecule has 0 bridgehead atoms. The minimum Gasteiger partial charge on any atom is -0.467 e. The predicted octanol–water partition coefficient (Wildman–Crippen LogP) is 1.24. The number of aromatic nitrogens is 1. The Morgan fingerprint density at radius 3 is 2.94 bits per heavy atom. The molecule has 0 radical (unpaired) electrons. The number of rotatable bonds is 3. The van der Waals surface area contributed by atoms with Gasteiger partial charge in [-0.25, -0.2) is 9.78 Å². The smallest absolute Gasteiger partial charge is 0.328 e. The van der Waals surface area contributed by atoms with E-state index in [0.717, 1.165) is 5.56 Å². The van der Waals surface area contributed by atoms with Crippen molar-refractivity contribution in [3.63, 3.8) is 0 Å². The summed E-state index contributed by atoms with van der Waals surface area (Å²) in [6.07, 6.45) is 1.59. The highest BCUT2D eigenvalue weighted by molar-refractivity contribution is 5.79. The number of hydrogen-bond acceptors (Lipinski definition) is 5. The highest BCUT2D eigenvalue weighted by Crippen LogP contribution is 2.16. The van der Waals surface area contributed by atoms with Crippen LogP contribution in [0.25, 0.3) is 0 Å². The summed E-state index contributed by atoms with van der Waals surface area (Å²) in [5.41, 5.74) is 1.26. The van der Waals surface area contributed by atoms with Crippen molar-refractivity contribution in [2.24, 2.45) is 0 Å². The Labute approximate surface area is 94.1 Å². The van der Waals surface area contributed by atoms with Crippen LogP contribution in [-0.4, -0.2) is 24.1 Å². The molecule has 84 valence electrons. The fourth-order valence-electron chi connectivity index (χ4n) is 1.25. The van der Waals surface area contributed by atoms with Crippen LogP contribution in [0.5, 0.6) is 0 Å². The molecule has 0 aliphatic rings. The molecule has 0 aliphatic carbocycles. The number of carbonyl (C=O) groups excluding carboxylic acids is 1. The molecule has 1 unspecified atom stereocenters. The van der Waals surface area contributed by atoms with Gasteiger partial charge < -0.3 is 10.1 Å². The average Bonchev–Trinajstić information content (AvgIpc) is 2.28. The molecule has 0 saturated carbocycles. The molecular weight excluding hydrogens is 206 g/mol. The van der Waals surface area contributed by atoms with E-state index >= 15 is 0 Å². The third-order valence-corrected chi connectivity index (χ3v) is 2.18. The molecule has 1 N–H and O–H groups in total. The summed E-state index contributed by atoms with van der Waals surface area (Å²) in [4.78, 5) is 15.2. The van der Waals surface area contributed by atoms with Crippen LogP contribution in [0.3, 0.4) is 0 Å². The van der Waals surface area contributed by atoms with Crippen molar-refractivity contribution in [1.29, 1.82) is 5.26 Å². The van der Waals surface area contributed by atoms with Crippen LogP contribution in [0.15, 0.2) is 12.3 Å². The normalized spacial score (nSPS) is 11.4. The van der Waals surface area contributed by atoms with Gasteiger partial charge in [-0.2, -0.15) is 5.26 Å². The number of pyridine rings is 1. The van der Waals surface area contributed by atoms with Crippen molar-refractivity contribution in [2.45, 2.75) is 19.9 Å². The summed E-state index contributed by atoms with van der Waals surface area (Å²) in [7, 11) is 1.31. The molecule has 0 aliphatic heterocycles. The third kappa shape index (κ3) is 2.48. The fraction of sp³-hybridized carbons (Fsp3) is 0.364. The van der Waals surface area contributed by atoms with E-state index in [-0.39, 0.29) is 0 Å². The molecule has 0 saturated heterocycles. The highest BCUT2D eigenvalue weighted by Gasteiger charge is 2.15. The minimum atomic E-state index is -0.536. The number of hydrogen-bond donors (Lipinski definition) is 1. The minimum absolute atomic E-state index is 0.396. The van der Waals surface area contributed by atoms with Gasteiger partial charge in [0.25, 0.3) is 0 Å². The zero-order valence-electron chi connectivity index (χ0n) is 9.44. The zero-order chi connectivity index (χ0) is 12.1. The number of nitriles is 1. The van der Waals surface area contributed by atoms with Crippen LogP contribution in [-0.2, 0) is 9.53 Å². The summed E-state index contributed by atoms with van der Waals surface area (Å²) in [5.74, 6) is 0.00703. The second-order valence-electron chi connectivity index (χ2n) is 3.35. The quantitative estimate of drug-likeness (QED) is 0.774. The third-order valence-electron chi connectivity index (χ3n) is 2.18. The molecule has 0 aromatic carbocycles. The number of methoxy groups -OCH3 is 1. The molecule has 5 nitrogen and oxygen atoms in total. The van der Waals surface area contributed by atoms with Crippen molar-refractivity contribution in [2.75, 3.05) is 12.4 Å². The van der Waals surface area contributed by atoms with Crippen molar-refractivity contribution in [3.8, 4) is 6.07 Å². The summed E-state index contributed by atoms with van der Waals surface area (Å²) >= 11 is 0. The van der Waals surface area contributed by atoms with Crippen LogP contribution in [0, 0.1) is 18.3 Å². The van der Waals surface area contributed by atoms with Gasteiger partial charge in [0.2, 0.25) is 0 Å². The SMILES string of the molecule is COC(=O)C(C)Nc1nccc(C)c1C#N. The van der Waals surface area contributed by atoms with Crippen molar-refractivity contribution < 1.29 is 9.53 Å². The Morgan fingerprint density at radius 1 is 1.69 bits per heavy atom. The molecule has 1 aromatic rings. The summed E-state index contributed by atoms with van der Waals surface area (Å²) in [6.45, 7) is 3.46. The number of nitrogens with zero attached hydrogens (tertiary/aromatic N) is 2. The van der Waals surface area contributed by atoms with Crippen molar-refractivity contribution in [3.05, 3.63) is 23.4 Å². The van der Waals surface area contributed by atoms with Crippen LogP contribution < -0.4 is 5.32 Å². The van der Waals surface area contributed by atoms with E-state index in [0.29, 0.717) is 11.4 Å². The van der Waals surface area contributed by atoms with E-state index in [1.807, 2.05) is 13.0 Å². The lowest BCUT2D eigenvalue weighted by atomic mass is 10.1. The van der Waals surface area contributed by atoms with E-state index in [9.17, 15) is 4.79 Å². The molecule has 1 aromatic heterocycles. The first-order valence-electron chi connectivity index (χ1n) is 4.80. The number of aryl methyl sites for hydroxylation is 1. The van der Waals surface area contributed by atoms with Gasteiger partial charge in [0.05, 0.1) is 12.7 Å². The van der Waals surface area contributed by atoms with Gasteiger partial charge in [-0.05, 0) is 25.5 Å². The van der Waals surface area contributed by atoms with Crippen LogP contribution in [0.2, 0.25) is 0 Å². The predicted molar refractivity (Wildman–Crippen MR) is 58.8 cm³/mol. The van der Waals surface area contributed by atoms with Crippen molar-refractivity contribution >= 4 is 11.8 Å². The van der Waals surface area contributed by atoms with E-state index < -0.39 is 12.0 Å². The molecule has 5 heteroatoms. The number of ether oxygens (including phenoxy) is 1. The Bertz CT molecular complexity index is 437. The summed E-state index contributed by atoms with van der Waals surface area (Å²) in [6, 6.07) is 3.26. The maximum absolute atomic E-state index is 11.2. The molecule has 0 amide bonds. The molecular formula is C11H13N3O2. The lowest BCUT2D eigenvalue weighted by molar-refractivity contribution is -0.141. The molecule has 1 rings (SSSR count).